The molecule has 0 aliphatic heterocycles. The number of nitrogens with two attached hydrogens (primary N) is 1. The molecule has 1 unspecified atom stereocenters. The summed E-state index contributed by atoms with van der Waals surface area (Å²) in [5, 5.41) is 3.45. The van der Waals surface area contributed by atoms with Gasteiger partial charge < -0.3 is 15.8 Å². The molecule has 0 heterocycles. The van der Waals surface area contributed by atoms with Crippen LogP contribution in [0.1, 0.15) is 33.6 Å². The van der Waals surface area contributed by atoms with Gasteiger partial charge in [0.2, 0.25) is 0 Å². The van der Waals surface area contributed by atoms with Crippen molar-refractivity contribution in [3.05, 3.63) is 0 Å². The lowest BCUT2D eigenvalue weighted by molar-refractivity contribution is 0.183. The second-order valence-corrected chi connectivity index (χ2v) is 4.62. The SMILES string of the molecule is COCCNC(C)(CN)CCC(C)C. The first-order valence-corrected chi connectivity index (χ1v) is 5.48. The zero-order valence-electron chi connectivity index (χ0n) is 10.1. The van der Waals surface area contributed by atoms with Crippen molar-refractivity contribution in [2.24, 2.45) is 11.7 Å². The van der Waals surface area contributed by atoms with Gasteiger partial charge in [-0.1, -0.05) is 13.8 Å². The third kappa shape index (κ3) is 6.35. The van der Waals surface area contributed by atoms with Crippen LogP contribution in [0.4, 0.5) is 0 Å². The standard InChI is InChI=1S/C11H26N2O/c1-10(2)5-6-11(3,9-12)13-7-8-14-4/h10,13H,5-9,12H2,1-4H3. The van der Waals surface area contributed by atoms with Gasteiger partial charge in [-0.25, -0.2) is 0 Å². The number of methoxy groups -OCH3 is 1. The first-order valence-electron chi connectivity index (χ1n) is 5.48. The Morgan fingerprint density at radius 3 is 2.50 bits per heavy atom. The summed E-state index contributed by atoms with van der Waals surface area (Å²) in [4.78, 5) is 0. The lowest BCUT2D eigenvalue weighted by Crippen LogP contribution is -2.49. The summed E-state index contributed by atoms with van der Waals surface area (Å²) in [6.07, 6.45) is 2.35. The minimum atomic E-state index is 0.0722. The molecule has 0 rings (SSSR count). The molecule has 0 aromatic rings. The average Bonchev–Trinajstić information content (AvgIpc) is 2.15. The Morgan fingerprint density at radius 2 is 2.07 bits per heavy atom. The summed E-state index contributed by atoms with van der Waals surface area (Å²) in [5.41, 5.74) is 5.84. The van der Waals surface area contributed by atoms with Gasteiger partial charge in [-0.3, -0.25) is 0 Å². The molecule has 0 aromatic carbocycles. The highest BCUT2D eigenvalue weighted by molar-refractivity contribution is 4.84. The van der Waals surface area contributed by atoms with Crippen molar-refractivity contribution in [3.8, 4) is 0 Å². The zero-order valence-corrected chi connectivity index (χ0v) is 10.1. The van der Waals surface area contributed by atoms with Gasteiger partial charge in [0, 0.05) is 25.7 Å². The van der Waals surface area contributed by atoms with Gasteiger partial charge in [-0.2, -0.15) is 0 Å². The molecule has 86 valence electrons. The summed E-state index contributed by atoms with van der Waals surface area (Å²) < 4.78 is 5.00. The quantitative estimate of drug-likeness (QED) is 0.585. The number of rotatable bonds is 8. The van der Waals surface area contributed by atoms with E-state index in [0.717, 1.165) is 25.5 Å². The van der Waals surface area contributed by atoms with Crippen LogP contribution in [0.2, 0.25) is 0 Å². The Kier molecular flexibility index (Phi) is 7.15. The maximum absolute atomic E-state index is 5.77. The fourth-order valence-electron chi connectivity index (χ4n) is 1.32. The van der Waals surface area contributed by atoms with E-state index in [0.29, 0.717) is 6.54 Å². The molecule has 0 aromatic heterocycles. The van der Waals surface area contributed by atoms with Crippen LogP contribution in [0.15, 0.2) is 0 Å². The molecule has 0 saturated heterocycles. The Morgan fingerprint density at radius 1 is 1.43 bits per heavy atom. The maximum Gasteiger partial charge on any atom is 0.0587 e. The van der Waals surface area contributed by atoms with Crippen LogP contribution < -0.4 is 11.1 Å². The van der Waals surface area contributed by atoms with Gasteiger partial charge in [0.05, 0.1) is 6.61 Å². The number of hydrogen-bond donors (Lipinski definition) is 2. The van der Waals surface area contributed by atoms with Gasteiger partial charge in [0.1, 0.15) is 0 Å². The molecule has 0 aliphatic rings. The van der Waals surface area contributed by atoms with Gasteiger partial charge in [0.25, 0.3) is 0 Å². The first kappa shape index (κ1) is 13.9. The topological polar surface area (TPSA) is 47.3 Å². The fourth-order valence-corrected chi connectivity index (χ4v) is 1.32. The molecular formula is C11H26N2O. The van der Waals surface area contributed by atoms with Crippen molar-refractivity contribution in [1.29, 1.82) is 0 Å². The Labute approximate surface area is 88.4 Å². The van der Waals surface area contributed by atoms with Crippen LogP contribution in [0.25, 0.3) is 0 Å². The molecule has 1 atom stereocenters. The van der Waals surface area contributed by atoms with E-state index in [9.17, 15) is 0 Å². The minimum Gasteiger partial charge on any atom is -0.383 e. The third-order valence-electron chi connectivity index (χ3n) is 2.58. The molecular weight excluding hydrogens is 176 g/mol. The molecule has 0 aliphatic carbocycles. The highest BCUT2D eigenvalue weighted by Crippen LogP contribution is 2.15. The second-order valence-electron chi connectivity index (χ2n) is 4.62. The van der Waals surface area contributed by atoms with Crippen LogP contribution in [0.3, 0.4) is 0 Å². The van der Waals surface area contributed by atoms with E-state index in [1.807, 2.05) is 0 Å². The molecule has 14 heavy (non-hydrogen) atoms. The molecule has 0 amide bonds. The van der Waals surface area contributed by atoms with Crippen LogP contribution in [0.5, 0.6) is 0 Å². The van der Waals surface area contributed by atoms with Gasteiger partial charge in [-0.05, 0) is 25.7 Å². The van der Waals surface area contributed by atoms with E-state index in [1.54, 1.807) is 7.11 Å². The van der Waals surface area contributed by atoms with Crippen molar-refractivity contribution >= 4 is 0 Å². The summed E-state index contributed by atoms with van der Waals surface area (Å²) in [6.45, 7) is 8.98. The van der Waals surface area contributed by atoms with Gasteiger partial charge in [-0.15, -0.1) is 0 Å². The number of hydrogen-bond acceptors (Lipinski definition) is 3. The summed E-state index contributed by atoms with van der Waals surface area (Å²) >= 11 is 0. The summed E-state index contributed by atoms with van der Waals surface area (Å²) in [5.74, 6) is 0.741. The average molecular weight is 202 g/mol. The van der Waals surface area contributed by atoms with E-state index in [1.165, 1.54) is 6.42 Å². The van der Waals surface area contributed by atoms with Crippen molar-refractivity contribution < 1.29 is 4.74 Å². The monoisotopic (exact) mass is 202 g/mol. The molecule has 0 radical (unpaired) electrons. The highest BCUT2D eigenvalue weighted by Gasteiger charge is 2.21. The molecule has 0 bridgehead atoms. The molecule has 3 nitrogen and oxygen atoms in total. The predicted octanol–water partition coefficient (Wildman–Crippen LogP) is 1.38. The second kappa shape index (κ2) is 7.21. The smallest absolute Gasteiger partial charge is 0.0587 e. The van der Waals surface area contributed by atoms with Gasteiger partial charge >= 0.3 is 0 Å². The van der Waals surface area contributed by atoms with Crippen molar-refractivity contribution in [3.63, 3.8) is 0 Å². The summed E-state index contributed by atoms with van der Waals surface area (Å²) in [7, 11) is 1.72. The Balaban J connectivity index is 3.79. The maximum atomic E-state index is 5.77. The molecule has 0 spiro atoms. The minimum absolute atomic E-state index is 0.0722. The predicted molar refractivity (Wildman–Crippen MR) is 61.4 cm³/mol. The van der Waals surface area contributed by atoms with E-state index in [4.69, 9.17) is 10.5 Å². The highest BCUT2D eigenvalue weighted by atomic mass is 16.5. The largest absolute Gasteiger partial charge is 0.383 e. The van der Waals surface area contributed by atoms with E-state index < -0.39 is 0 Å². The fraction of sp³-hybridized carbons (Fsp3) is 1.00. The normalized spacial score (nSPS) is 15.9. The van der Waals surface area contributed by atoms with Crippen LogP contribution >= 0.6 is 0 Å². The first-order chi connectivity index (χ1) is 6.54. The zero-order chi connectivity index (χ0) is 11.0. The number of nitrogens with one attached hydrogen (secondary N) is 1. The van der Waals surface area contributed by atoms with E-state index >= 15 is 0 Å². The van der Waals surface area contributed by atoms with Crippen molar-refractivity contribution in [2.45, 2.75) is 39.2 Å². The lowest BCUT2D eigenvalue weighted by Gasteiger charge is -2.30. The molecule has 3 N–H and O–H groups in total. The molecule has 0 fully saturated rings. The van der Waals surface area contributed by atoms with E-state index in [2.05, 4.69) is 26.1 Å². The molecule has 0 saturated carbocycles. The Hall–Kier alpha value is -0.120. The van der Waals surface area contributed by atoms with Crippen LogP contribution in [-0.2, 0) is 4.74 Å². The van der Waals surface area contributed by atoms with E-state index in [-0.39, 0.29) is 5.54 Å². The van der Waals surface area contributed by atoms with Crippen molar-refractivity contribution in [2.75, 3.05) is 26.8 Å². The van der Waals surface area contributed by atoms with Crippen molar-refractivity contribution in [1.82, 2.24) is 5.32 Å². The molecule has 3 heteroatoms. The van der Waals surface area contributed by atoms with Crippen LogP contribution in [0, 0.1) is 5.92 Å². The lowest BCUT2D eigenvalue weighted by atomic mass is 9.92. The van der Waals surface area contributed by atoms with Crippen LogP contribution in [-0.4, -0.2) is 32.3 Å². The van der Waals surface area contributed by atoms with Gasteiger partial charge in [0.15, 0.2) is 0 Å². The number of ether oxygens (including phenoxy) is 1. The Bertz CT molecular complexity index is 139. The summed E-state index contributed by atoms with van der Waals surface area (Å²) in [6, 6.07) is 0. The third-order valence-corrected chi connectivity index (χ3v) is 2.58.